The molecule has 2 rings (SSSR count). The highest BCUT2D eigenvalue weighted by Gasteiger charge is 2.29. The van der Waals surface area contributed by atoms with Gasteiger partial charge in [0.2, 0.25) is 0 Å². The summed E-state index contributed by atoms with van der Waals surface area (Å²) in [5.74, 6) is 5.80. The molecule has 1 aromatic rings. The van der Waals surface area contributed by atoms with E-state index >= 15 is 0 Å². The van der Waals surface area contributed by atoms with Crippen molar-refractivity contribution >= 4 is 0 Å². The quantitative estimate of drug-likeness (QED) is 0.571. The fourth-order valence-electron chi connectivity index (χ4n) is 1.98. The summed E-state index contributed by atoms with van der Waals surface area (Å²) in [6.45, 7) is 0. The van der Waals surface area contributed by atoms with Crippen LogP contribution in [-0.4, -0.2) is 0 Å². The number of nitrogens with one attached hydrogen (secondary N) is 1. The SMILES string of the molecule is NNC(c1ccccc1F)C1CCC1. The van der Waals surface area contributed by atoms with E-state index in [1.807, 2.05) is 6.07 Å². The van der Waals surface area contributed by atoms with Crippen molar-refractivity contribution in [1.29, 1.82) is 0 Å². The van der Waals surface area contributed by atoms with Crippen LogP contribution in [0.25, 0.3) is 0 Å². The normalized spacial score (nSPS) is 19.0. The van der Waals surface area contributed by atoms with Crippen LogP contribution in [0, 0.1) is 11.7 Å². The van der Waals surface area contributed by atoms with Crippen LogP contribution in [0.15, 0.2) is 24.3 Å². The van der Waals surface area contributed by atoms with Gasteiger partial charge in [0.1, 0.15) is 5.82 Å². The molecule has 1 atom stereocenters. The van der Waals surface area contributed by atoms with E-state index in [1.165, 1.54) is 12.5 Å². The smallest absolute Gasteiger partial charge is 0.128 e. The van der Waals surface area contributed by atoms with Crippen molar-refractivity contribution in [2.45, 2.75) is 25.3 Å². The molecule has 1 saturated carbocycles. The lowest BCUT2D eigenvalue weighted by atomic mass is 9.77. The molecule has 3 N–H and O–H groups in total. The van der Waals surface area contributed by atoms with Gasteiger partial charge < -0.3 is 0 Å². The molecular formula is C11H15FN2. The standard InChI is InChI=1S/C11H15FN2/c12-10-7-2-1-6-9(10)11(14-13)8-4-3-5-8/h1-2,6-8,11,14H,3-5,13H2. The maximum absolute atomic E-state index is 13.5. The molecule has 0 bridgehead atoms. The first-order chi connectivity index (χ1) is 6.83. The van der Waals surface area contributed by atoms with E-state index in [1.54, 1.807) is 12.1 Å². The van der Waals surface area contributed by atoms with Gasteiger partial charge in [-0.25, -0.2) is 4.39 Å². The van der Waals surface area contributed by atoms with Crippen molar-refractivity contribution in [2.24, 2.45) is 11.8 Å². The first-order valence-electron chi connectivity index (χ1n) is 5.03. The minimum atomic E-state index is -0.164. The Balaban J connectivity index is 2.22. The van der Waals surface area contributed by atoms with Crippen molar-refractivity contribution in [2.75, 3.05) is 0 Å². The average molecular weight is 194 g/mol. The maximum atomic E-state index is 13.5. The van der Waals surface area contributed by atoms with Crippen LogP contribution in [0.5, 0.6) is 0 Å². The number of rotatable bonds is 3. The second kappa shape index (κ2) is 4.07. The molecule has 0 amide bonds. The summed E-state index contributed by atoms with van der Waals surface area (Å²) in [7, 11) is 0. The second-order valence-electron chi connectivity index (χ2n) is 3.86. The summed E-state index contributed by atoms with van der Waals surface area (Å²) < 4.78 is 13.5. The number of hydrogen-bond acceptors (Lipinski definition) is 2. The van der Waals surface area contributed by atoms with E-state index in [9.17, 15) is 4.39 Å². The fourth-order valence-corrected chi connectivity index (χ4v) is 1.98. The molecule has 0 radical (unpaired) electrons. The third kappa shape index (κ3) is 1.65. The summed E-state index contributed by atoms with van der Waals surface area (Å²) in [5.41, 5.74) is 3.42. The highest BCUT2D eigenvalue weighted by Crippen LogP contribution is 2.37. The zero-order valence-electron chi connectivity index (χ0n) is 8.04. The van der Waals surface area contributed by atoms with Crippen LogP contribution >= 0.6 is 0 Å². The third-order valence-corrected chi connectivity index (χ3v) is 3.04. The Kier molecular flexibility index (Phi) is 2.79. The minimum Gasteiger partial charge on any atom is -0.271 e. The lowest BCUT2D eigenvalue weighted by Gasteiger charge is -2.33. The molecule has 0 aromatic heterocycles. The number of halogens is 1. The number of hydrogen-bond donors (Lipinski definition) is 2. The average Bonchev–Trinajstić information content (AvgIpc) is 2.12. The molecule has 1 aromatic carbocycles. The predicted molar refractivity (Wildman–Crippen MR) is 53.8 cm³/mol. The first-order valence-corrected chi connectivity index (χ1v) is 5.03. The van der Waals surface area contributed by atoms with Crippen LogP contribution in [0.1, 0.15) is 30.9 Å². The molecule has 76 valence electrons. The molecule has 1 unspecified atom stereocenters. The Labute approximate surface area is 83.3 Å². The summed E-state index contributed by atoms with van der Waals surface area (Å²) in [6, 6.07) is 6.82. The van der Waals surface area contributed by atoms with E-state index in [4.69, 9.17) is 5.84 Å². The van der Waals surface area contributed by atoms with Crippen molar-refractivity contribution in [3.8, 4) is 0 Å². The van der Waals surface area contributed by atoms with Gasteiger partial charge in [-0.3, -0.25) is 11.3 Å². The minimum absolute atomic E-state index is 0.0232. The summed E-state index contributed by atoms with van der Waals surface area (Å²) >= 11 is 0. The van der Waals surface area contributed by atoms with E-state index in [2.05, 4.69) is 5.43 Å². The zero-order valence-corrected chi connectivity index (χ0v) is 8.04. The van der Waals surface area contributed by atoms with Gasteiger partial charge in [-0.15, -0.1) is 0 Å². The highest BCUT2D eigenvalue weighted by atomic mass is 19.1. The van der Waals surface area contributed by atoms with Crippen LogP contribution in [-0.2, 0) is 0 Å². The monoisotopic (exact) mass is 194 g/mol. The molecule has 1 aliphatic rings. The Hall–Kier alpha value is -0.930. The van der Waals surface area contributed by atoms with Crippen molar-refractivity contribution < 1.29 is 4.39 Å². The van der Waals surface area contributed by atoms with Gasteiger partial charge in [-0.2, -0.15) is 0 Å². The van der Waals surface area contributed by atoms with Gasteiger partial charge >= 0.3 is 0 Å². The van der Waals surface area contributed by atoms with Crippen LogP contribution in [0.4, 0.5) is 4.39 Å². The molecule has 0 spiro atoms. The molecule has 0 heterocycles. The molecule has 3 heteroatoms. The first kappa shape index (κ1) is 9.62. The molecule has 0 saturated heterocycles. The van der Waals surface area contributed by atoms with E-state index in [-0.39, 0.29) is 11.9 Å². The lowest BCUT2D eigenvalue weighted by Crippen LogP contribution is -2.36. The van der Waals surface area contributed by atoms with Crippen molar-refractivity contribution in [3.05, 3.63) is 35.6 Å². The van der Waals surface area contributed by atoms with Crippen LogP contribution in [0.2, 0.25) is 0 Å². The summed E-state index contributed by atoms with van der Waals surface area (Å²) in [4.78, 5) is 0. The molecule has 2 nitrogen and oxygen atoms in total. The van der Waals surface area contributed by atoms with Gasteiger partial charge in [0.05, 0.1) is 6.04 Å². The maximum Gasteiger partial charge on any atom is 0.128 e. The van der Waals surface area contributed by atoms with E-state index < -0.39 is 0 Å². The van der Waals surface area contributed by atoms with Crippen molar-refractivity contribution in [3.63, 3.8) is 0 Å². The Morgan fingerprint density at radius 1 is 1.36 bits per heavy atom. The summed E-state index contributed by atoms with van der Waals surface area (Å²) in [5, 5.41) is 0. The van der Waals surface area contributed by atoms with Crippen molar-refractivity contribution in [1.82, 2.24) is 5.43 Å². The Morgan fingerprint density at radius 3 is 2.57 bits per heavy atom. The van der Waals surface area contributed by atoms with Crippen LogP contribution in [0.3, 0.4) is 0 Å². The van der Waals surface area contributed by atoms with Gasteiger partial charge in [0.15, 0.2) is 0 Å². The predicted octanol–water partition coefficient (Wildman–Crippen LogP) is 2.13. The Morgan fingerprint density at radius 2 is 2.07 bits per heavy atom. The zero-order chi connectivity index (χ0) is 9.97. The molecule has 0 aliphatic heterocycles. The topological polar surface area (TPSA) is 38.0 Å². The Bertz CT molecular complexity index is 310. The van der Waals surface area contributed by atoms with Gasteiger partial charge in [-0.05, 0) is 24.8 Å². The van der Waals surface area contributed by atoms with E-state index in [0.29, 0.717) is 11.5 Å². The molecular weight excluding hydrogens is 179 g/mol. The molecule has 1 fully saturated rings. The third-order valence-electron chi connectivity index (χ3n) is 3.04. The molecule has 1 aliphatic carbocycles. The van der Waals surface area contributed by atoms with Gasteiger partial charge in [-0.1, -0.05) is 24.6 Å². The molecule has 14 heavy (non-hydrogen) atoms. The van der Waals surface area contributed by atoms with E-state index in [0.717, 1.165) is 12.8 Å². The van der Waals surface area contributed by atoms with Gasteiger partial charge in [0, 0.05) is 5.56 Å². The van der Waals surface area contributed by atoms with Gasteiger partial charge in [0.25, 0.3) is 0 Å². The second-order valence-corrected chi connectivity index (χ2v) is 3.86. The number of nitrogens with two attached hydrogens (primary N) is 1. The lowest BCUT2D eigenvalue weighted by molar-refractivity contribution is 0.228. The largest absolute Gasteiger partial charge is 0.271 e. The van der Waals surface area contributed by atoms with Crippen LogP contribution < -0.4 is 11.3 Å². The number of hydrazine groups is 1. The summed E-state index contributed by atoms with van der Waals surface area (Å²) in [6.07, 6.45) is 3.52. The fraction of sp³-hybridized carbons (Fsp3) is 0.455. The highest BCUT2D eigenvalue weighted by molar-refractivity contribution is 5.22. The number of benzene rings is 1.